The Morgan fingerprint density at radius 3 is 3.00 bits per heavy atom. The number of pyridine rings is 1. The molecule has 5 nitrogen and oxygen atoms in total. The normalized spacial score (nSPS) is 19.3. The second-order valence-corrected chi connectivity index (χ2v) is 4.70. The van der Waals surface area contributed by atoms with Crippen LogP contribution in [0.4, 0.5) is 5.82 Å². The van der Waals surface area contributed by atoms with Crippen LogP contribution in [0, 0.1) is 0 Å². The van der Waals surface area contributed by atoms with E-state index in [-0.39, 0.29) is 5.97 Å². The third-order valence-corrected chi connectivity index (χ3v) is 3.45. The lowest BCUT2D eigenvalue weighted by atomic mass is 10.0. The summed E-state index contributed by atoms with van der Waals surface area (Å²) in [7, 11) is 0. The molecule has 1 fully saturated rings. The van der Waals surface area contributed by atoms with Gasteiger partial charge in [0.1, 0.15) is 5.82 Å². The zero-order chi connectivity index (χ0) is 13.7. The number of carbonyl (C=O) groups is 1. The van der Waals surface area contributed by atoms with E-state index in [9.17, 15) is 4.79 Å². The van der Waals surface area contributed by atoms with Crippen LogP contribution in [0.3, 0.4) is 0 Å². The number of piperidine rings is 1. The Balaban J connectivity index is 2.10. The van der Waals surface area contributed by atoms with E-state index < -0.39 is 0 Å². The Kier molecular flexibility index (Phi) is 4.74. The second-order valence-electron chi connectivity index (χ2n) is 4.70. The molecule has 19 heavy (non-hydrogen) atoms. The molecule has 2 heterocycles. The predicted octanol–water partition coefficient (Wildman–Crippen LogP) is 1.58. The third-order valence-electron chi connectivity index (χ3n) is 3.45. The van der Waals surface area contributed by atoms with Gasteiger partial charge in [0, 0.05) is 25.3 Å². The van der Waals surface area contributed by atoms with Gasteiger partial charge in [-0.15, -0.1) is 0 Å². The molecule has 0 spiro atoms. The summed E-state index contributed by atoms with van der Waals surface area (Å²) < 4.78 is 4.94. The highest BCUT2D eigenvalue weighted by atomic mass is 16.5. The van der Waals surface area contributed by atoms with Crippen molar-refractivity contribution in [1.82, 2.24) is 4.98 Å². The Bertz CT molecular complexity index is 419. The lowest BCUT2D eigenvalue weighted by Gasteiger charge is -2.36. The summed E-state index contributed by atoms with van der Waals surface area (Å²) in [5.74, 6) is 0.568. The molecule has 1 unspecified atom stereocenters. The van der Waals surface area contributed by atoms with Crippen molar-refractivity contribution in [3.05, 3.63) is 23.9 Å². The molecule has 1 aromatic heterocycles. The van der Waals surface area contributed by atoms with Crippen LogP contribution in [0.5, 0.6) is 0 Å². The van der Waals surface area contributed by atoms with Gasteiger partial charge in [0.15, 0.2) is 0 Å². The molecule has 1 saturated heterocycles. The number of hydrogen-bond donors (Lipinski definition) is 1. The fourth-order valence-corrected chi connectivity index (χ4v) is 2.44. The summed E-state index contributed by atoms with van der Waals surface area (Å²) >= 11 is 0. The van der Waals surface area contributed by atoms with Crippen molar-refractivity contribution in [3.8, 4) is 0 Å². The fraction of sp³-hybridized carbons (Fsp3) is 0.571. The summed E-state index contributed by atoms with van der Waals surface area (Å²) in [5, 5.41) is 0. The number of nitrogens with zero attached hydrogens (tertiary/aromatic N) is 2. The van der Waals surface area contributed by atoms with Gasteiger partial charge in [0.2, 0.25) is 0 Å². The summed E-state index contributed by atoms with van der Waals surface area (Å²) in [6, 6.07) is 4.00. The lowest BCUT2D eigenvalue weighted by Crippen LogP contribution is -2.44. The van der Waals surface area contributed by atoms with E-state index in [1.165, 1.54) is 6.42 Å². The van der Waals surface area contributed by atoms with E-state index in [0.717, 1.165) is 25.2 Å². The first kappa shape index (κ1) is 13.8. The molecule has 2 rings (SSSR count). The molecule has 0 bridgehead atoms. The zero-order valence-corrected chi connectivity index (χ0v) is 11.3. The maximum Gasteiger partial charge on any atom is 0.339 e. The SMILES string of the molecule is CCOC(=O)c1ccc(N2CCCCC2CN)nc1. The van der Waals surface area contributed by atoms with Crippen molar-refractivity contribution in [3.63, 3.8) is 0 Å². The summed E-state index contributed by atoms with van der Waals surface area (Å²) in [4.78, 5) is 18.2. The van der Waals surface area contributed by atoms with Crippen molar-refractivity contribution in [1.29, 1.82) is 0 Å². The number of esters is 1. The average Bonchev–Trinajstić information content (AvgIpc) is 2.47. The monoisotopic (exact) mass is 263 g/mol. The van der Waals surface area contributed by atoms with Gasteiger partial charge in [0.25, 0.3) is 0 Å². The smallest absolute Gasteiger partial charge is 0.339 e. The molecular formula is C14H21N3O2. The third kappa shape index (κ3) is 3.23. The molecule has 0 saturated carbocycles. The number of nitrogens with two attached hydrogens (primary N) is 1. The van der Waals surface area contributed by atoms with Crippen molar-refractivity contribution in [2.24, 2.45) is 5.73 Å². The molecule has 0 amide bonds. The van der Waals surface area contributed by atoms with Crippen molar-refractivity contribution in [2.45, 2.75) is 32.2 Å². The first-order valence-corrected chi connectivity index (χ1v) is 6.86. The van der Waals surface area contributed by atoms with Gasteiger partial charge in [-0.1, -0.05) is 0 Å². The first-order valence-electron chi connectivity index (χ1n) is 6.86. The summed E-state index contributed by atoms with van der Waals surface area (Å²) in [6.07, 6.45) is 5.07. The van der Waals surface area contributed by atoms with Crippen LogP contribution in [0.15, 0.2) is 18.3 Å². The van der Waals surface area contributed by atoms with Gasteiger partial charge < -0.3 is 15.4 Å². The molecule has 1 aliphatic rings. The minimum Gasteiger partial charge on any atom is -0.462 e. The van der Waals surface area contributed by atoms with E-state index >= 15 is 0 Å². The van der Waals surface area contributed by atoms with Crippen LogP contribution >= 0.6 is 0 Å². The number of anilines is 1. The van der Waals surface area contributed by atoms with Crippen LogP contribution in [0.25, 0.3) is 0 Å². The topological polar surface area (TPSA) is 68.5 Å². The summed E-state index contributed by atoms with van der Waals surface area (Å²) in [5.41, 5.74) is 6.30. The number of hydrogen-bond acceptors (Lipinski definition) is 5. The lowest BCUT2D eigenvalue weighted by molar-refractivity contribution is 0.0526. The van der Waals surface area contributed by atoms with Gasteiger partial charge in [-0.2, -0.15) is 0 Å². The fourth-order valence-electron chi connectivity index (χ4n) is 2.44. The average molecular weight is 263 g/mol. The molecule has 5 heteroatoms. The van der Waals surface area contributed by atoms with Crippen LogP contribution in [-0.4, -0.2) is 36.7 Å². The van der Waals surface area contributed by atoms with Gasteiger partial charge in [-0.05, 0) is 38.3 Å². The van der Waals surface area contributed by atoms with Gasteiger partial charge >= 0.3 is 5.97 Å². The number of rotatable bonds is 4. The maximum absolute atomic E-state index is 11.6. The van der Waals surface area contributed by atoms with E-state index in [2.05, 4.69) is 9.88 Å². The van der Waals surface area contributed by atoms with Crippen LogP contribution in [0.1, 0.15) is 36.5 Å². The zero-order valence-electron chi connectivity index (χ0n) is 11.3. The van der Waals surface area contributed by atoms with Gasteiger partial charge in [0.05, 0.1) is 12.2 Å². The highest BCUT2D eigenvalue weighted by Crippen LogP contribution is 2.22. The molecule has 0 radical (unpaired) electrons. The number of aromatic nitrogens is 1. The Morgan fingerprint density at radius 2 is 2.37 bits per heavy atom. The Morgan fingerprint density at radius 1 is 1.53 bits per heavy atom. The van der Waals surface area contributed by atoms with Crippen molar-refractivity contribution < 1.29 is 9.53 Å². The minimum absolute atomic E-state index is 0.324. The summed E-state index contributed by atoms with van der Waals surface area (Å²) in [6.45, 7) is 3.79. The molecule has 1 atom stereocenters. The Labute approximate surface area is 113 Å². The predicted molar refractivity (Wildman–Crippen MR) is 74.2 cm³/mol. The minimum atomic E-state index is -0.324. The van der Waals surface area contributed by atoms with Gasteiger partial charge in [-0.3, -0.25) is 0 Å². The molecular weight excluding hydrogens is 242 g/mol. The number of carbonyl (C=O) groups excluding carboxylic acids is 1. The highest BCUT2D eigenvalue weighted by molar-refractivity contribution is 5.89. The van der Waals surface area contributed by atoms with E-state index in [0.29, 0.717) is 24.8 Å². The molecule has 0 aliphatic carbocycles. The van der Waals surface area contributed by atoms with Gasteiger partial charge in [-0.25, -0.2) is 9.78 Å². The second kappa shape index (κ2) is 6.52. The van der Waals surface area contributed by atoms with E-state index in [1.807, 2.05) is 6.07 Å². The van der Waals surface area contributed by atoms with Crippen LogP contribution < -0.4 is 10.6 Å². The molecule has 104 valence electrons. The molecule has 1 aliphatic heterocycles. The van der Waals surface area contributed by atoms with Crippen molar-refractivity contribution >= 4 is 11.8 Å². The maximum atomic E-state index is 11.6. The van der Waals surface area contributed by atoms with Crippen molar-refractivity contribution in [2.75, 3.05) is 24.6 Å². The van der Waals surface area contributed by atoms with E-state index in [4.69, 9.17) is 10.5 Å². The van der Waals surface area contributed by atoms with E-state index in [1.54, 1.807) is 19.2 Å². The van der Waals surface area contributed by atoms with Crippen LogP contribution in [-0.2, 0) is 4.74 Å². The largest absolute Gasteiger partial charge is 0.462 e. The quantitative estimate of drug-likeness (QED) is 0.835. The standard InChI is InChI=1S/C14H21N3O2/c1-2-19-14(18)11-6-7-13(16-10-11)17-8-4-3-5-12(17)9-15/h6-7,10,12H,2-5,8-9,15H2,1H3. The number of ether oxygens (including phenoxy) is 1. The first-order chi connectivity index (χ1) is 9.26. The molecule has 1 aromatic rings. The Hall–Kier alpha value is -1.62. The molecule has 0 aromatic carbocycles. The highest BCUT2D eigenvalue weighted by Gasteiger charge is 2.22. The molecule has 2 N–H and O–H groups in total. The van der Waals surface area contributed by atoms with Crippen LogP contribution in [0.2, 0.25) is 0 Å².